The van der Waals surface area contributed by atoms with Gasteiger partial charge in [-0.2, -0.15) is 0 Å². The van der Waals surface area contributed by atoms with Gasteiger partial charge in [-0.15, -0.1) is 0 Å². The van der Waals surface area contributed by atoms with Crippen molar-refractivity contribution in [1.29, 1.82) is 0 Å². The number of ether oxygens (including phenoxy) is 2. The van der Waals surface area contributed by atoms with Crippen LogP contribution in [0.2, 0.25) is 0 Å². The zero-order valence-electron chi connectivity index (χ0n) is 17.0. The van der Waals surface area contributed by atoms with Crippen LogP contribution in [0.4, 0.5) is 10.6 Å². The third kappa shape index (κ3) is 7.64. The molecule has 1 heterocycles. The minimum absolute atomic E-state index is 0.0828. The monoisotopic (exact) mass is 379 g/mol. The lowest BCUT2D eigenvalue weighted by Crippen LogP contribution is -2.45. The van der Waals surface area contributed by atoms with Crippen LogP contribution in [0, 0.1) is 5.41 Å². The minimum atomic E-state index is -0.987. The zero-order valence-corrected chi connectivity index (χ0v) is 17.0. The first kappa shape index (κ1) is 22.4. The quantitative estimate of drug-likeness (QED) is 0.762. The summed E-state index contributed by atoms with van der Waals surface area (Å²) in [5, 5.41) is 5.27. The van der Waals surface area contributed by atoms with Crippen molar-refractivity contribution < 1.29 is 23.9 Å². The number of hydrogen-bond donors (Lipinski definition) is 2. The highest BCUT2D eigenvalue weighted by atomic mass is 16.6. The van der Waals surface area contributed by atoms with Gasteiger partial charge in [0.15, 0.2) is 0 Å². The van der Waals surface area contributed by atoms with Crippen molar-refractivity contribution in [2.24, 2.45) is 5.41 Å². The van der Waals surface area contributed by atoms with Crippen LogP contribution in [0.5, 0.6) is 0 Å². The van der Waals surface area contributed by atoms with E-state index in [4.69, 9.17) is 9.47 Å². The molecule has 1 aromatic rings. The Morgan fingerprint density at radius 2 is 1.78 bits per heavy atom. The molecule has 8 heteroatoms. The lowest BCUT2D eigenvalue weighted by Gasteiger charge is -2.23. The summed E-state index contributed by atoms with van der Waals surface area (Å²) in [6.07, 6.45) is 0.887. The Hall–Kier alpha value is -2.64. The van der Waals surface area contributed by atoms with Gasteiger partial charge in [-0.1, -0.05) is 26.8 Å². The summed E-state index contributed by atoms with van der Waals surface area (Å²) in [6, 6.07) is 2.42. The summed E-state index contributed by atoms with van der Waals surface area (Å²) in [4.78, 5) is 40.6. The Labute approximate surface area is 160 Å². The van der Waals surface area contributed by atoms with Crippen LogP contribution in [0.3, 0.4) is 0 Å². The average Bonchev–Trinajstić information content (AvgIpc) is 2.52. The summed E-state index contributed by atoms with van der Waals surface area (Å²) in [7, 11) is 1.23. The number of rotatable bonds is 5. The predicted octanol–water partition coefficient (Wildman–Crippen LogP) is 2.67. The number of aromatic nitrogens is 1. The molecule has 0 fully saturated rings. The van der Waals surface area contributed by atoms with Crippen LogP contribution in [0.15, 0.2) is 18.3 Å². The second-order valence-corrected chi connectivity index (χ2v) is 8.14. The van der Waals surface area contributed by atoms with E-state index in [1.807, 2.05) is 0 Å². The first-order valence-electron chi connectivity index (χ1n) is 8.66. The number of carbonyl (C=O) groups is 3. The molecule has 27 heavy (non-hydrogen) atoms. The number of esters is 1. The lowest BCUT2D eigenvalue weighted by atomic mass is 9.95. The predicted molar refractivity (Wildman–Crippen MR) is 101 cm³/mol. The fourth-order valence-corrected chi connectivity index (χ4v) is 2.02. The summed E-state index contributed by atoms with van der Waals surface area (Å²) >= 11 is 0. The standard InChI is InChI=1S/C19H29N3O5/c1-18(2,3)16(24)22-14-12(9-8-10-20-14)11-13(15(23)26-7)21-17(25)27-19(4,5)6/h8-10,13H,11H2,1-7H3,(H,21,25)(H,20,22,24)/t13-/m0/s1. The van der Waals surface area contributed by atoms with E-state index >= 15 is 0 Å². The van der Waals surface area contributed by atoms with Gasteiger partial charge in [0.05, 0.1) is 7.11 Å². The number of carbonyl (C=O) groups excluding carboxylic acids is 3. The second-order valence-electron chi connectivity index (χ2n) is 8.14. The molecule has 0 radical (unpaired) electrons. The number of methoxy groups -OCH3 is 1. The van der Waals surface area contributed by atoms with E-state index in [0.29, 0.717) is 11.4 Å². The normalized spacial score (nSPS) is 12.7. The second kappa shape index (κ2) is 8.83. The molecule has 0 aliphatic rings. The van der Waals surface area contributed by atoms with Gasteiger partial charge < -0.3 is 20.1 Å². The molecule has 8 nitrogen and oxygen atoms in total. The number of hydrogen-bond acceptors (Lipinski definition) is 6. The first-order chi connectivity index (χ1) is 12.3. The smallest absolute Gasteiger partial charge is 0.408 e. The van der Waals surface area contributed by atoms with Gasteiger partial charge in [-0.3, -0.25) is 4.79 Å². The molecule has 0 spiro atoms. The van der Waals surface area contributed by atoms with Crippen LogP contribution in [0.1, 0.15) is 47.1 Å². The minimum Gasteiger partial charge on any atom is -0.467 e. The molecule has 0 unspecified atom stereocenters. The van der Waals surface area contributed by atoms with Gasteiger partial charge in [-0.25, -0.2) is 14.6 Å². The fourth-order valence-electron chi connectivity index (χ4n) is 2.02. The van der Waals surface area contributed by atoms with Crippen LogP contribution in [0.25, 0.3) is 0 Å². The van der Waals surface area contributed by atoms with E-state index in [1.54, 1.807) is 53.7 Å². The van der Waals surface area contributed by atoms with Crippen molar-refractivity contribution in [3.63, 3.8) is 0 Å². The number of nitrogens with one attached hydrogen (secondary N) is 2. The highest BCUT2D eigenvalue weighted by molar-refractivity contribution is 5.94. The van der Waals surface area contributed by atoms with Crippen LogP contribution in [-0.4, -0.2) is 41.7 Å². The highest BCUT2D eigenvalue weighted by Crippen LogP contribution is 2.20. The molecule has 2 N–H and O–H groups in total. The molecule has 1 atom stereocenters. The van der Waals surface area contributed by atoms with Crippen molar-refractivity contribution in [3.8, 4) is 0 Å². The summed E-state index contributed by atoms with van der Waals surface area (Å²) in [5.74, 6) is -0.507. The van der Waals surface area contributed by atoms with Crippen molar-refractivity contribution in [1.82, 2.24) is 10.3 Å². The topological polar surface area (TPSA) is 107 Å². The van der Waals surface area contributed by atoms with Gasteiger partial charge >= 0.3 is 12.1 Å². The maximum absolute atomic E-state index is 12.3. The van der Waals surface area contributed by atoms with E-state index in [-0.39, 0.29) is 12.3 Å². The maximum atomic E-state index is 12.3. The number of anilines is 1. The van der Waals surface area contributed by atoms with E-state index in [9.17, 15) is 14.4 Å². The third-order valence-electron chi connectivity index (χ3n) is 3.41. The number of pyridine rings is 1. The Kier molecular flexibility index (Phi) is 7.33. The SMILES string of the molecule is COC(=O)[C@H](Cc1cccnc1NC(=O)C(C)(C)C)NC(=O)OC(C)(C)C. The lowest BCUT2D eigenvalue weighted by molar-refractivity contribution is -0.143. The van der Waals surface area contributed by atoms with E-state index < -0.39 is 29.1 Å². The molecule has 0 saturated carbocycles. The van der Waals surface area contributed by atoms with E-state index in [2.05, 4.69) is 15.6 Å². The van der Waals surface area contributed by atoms with Crippen molar-refractivity contribution >= 4 is 23.8 Å². The van der Waals surface area contributed by atoms with Crippen LogP contribution < -0.4 is 10.6 Å². The number of nitrogens with zero attached hydrogens (tertiary/aromatic N) is 1. The summed E-state index contributed by atoms with van der Waals surface area (Å²) < 4.78 is 9.97. The molecule has 0 aliphatic heterocycles. The van der Waals surface area contributed by atoms with Gasteiger partial charge in [0.2, 0.25) is 5.91 Å². The molecule has 150 valence electrons. The Morgan fingerprint density at radius 3 is 2.30 bits per heavy atom. The molecule has 0 aliphatic carbocycles. The molecule has 1 aromatic heterocycles. The first-order valence-corrected chi connectivity index (χ1v) is 8.66. The van der Waals surface area contributed by atoms with Gasteiger partial charge in [0.25, 0.3) is 0 Å². The average molecular weight is 379 g/mol. The maximum Gasteiger partial charge on any atom is 0.408 e. The molecular weight excluding hydrogens is 350 g/mol. The fraction of sp³-hybridized carbons (Fsp3) is 0.579. The van der Waals surface area contributed by atoms with Crippen molar-refractivity contribution in [3.05, 3.63) is 23.9 Å². The van der Waals surface area contributed by atoms with Crippen molar-refractivity contribution in [2.45, 2.75) is 59.6 Å². The highest BCUT2D eigenvalue weighted by Gasteiger charge is 2.27. The van der Waals surface area contributed by atoms with Crippen LogP contribution in [-0.2, 0) is 25.5 Å². The van der Waals surface area contributed by atoms with Gasteiger partial charge in [0.1, 0.15) is 17.5 Å². The molecule has 0 aromatic carbocycles. The summed E-state index contributed by atoms with van der Waals surface area (Å²) in [6.45, 7) is 10.5. The Balaban J connectivity index is 3.01. The number of alkyl carbamates (subject to hydrolysis) is 1. The molecule has 2 amide bonds. The number of amides is 2. The molecule has 1 rings (SSSR count). The summed E-state index contributed by atoms with van der Waals surface area (Å²) in [5.41, 5.74) is -0.725. The third-order valence-corrected chi connectivity index (χ3v) is 3.41. The van der Waals surface area contributed by atoms with E-state index in [0.717, 1.165) is 0 Å². The van der Waals surface area contributed by atoms with Crippen LogP contribution >= 0.6 is 0 Å². The van der Waals surface area contributed by atoms with Crippen molar-refractivity contribution in [2.75, 3.05) is 12.4 Å². The van der Waals surface area contributed by atoms with E-state index in [1.165, 1.54) is 13.3 Å². The molecular formula is C19H29N3O5. The molecule has 0 saturated heterocycles. The van der Waals surface area contributed by atoms with Gasteiger partial charge in [-0.05, 0) is 32.4 Å². The molecule has 0 bridgehead atoms. The Bertz CT molecular complexity index is 689. The Morgan fingerprint density at radius 1 is 1.15 bits per heavy atom. The zero-order chi connectivity index (χ0) is 20.8. The largest absolute Gasteiger partial charge is 0.467 e. The van der Waals surface area contributed by atoms with Gasteiger partial charge in [0, 0.05) is 18.0 Å².